The van der Waals surface area contributed by atoms with Crippen molar-refractivity contribution in [2.45, 2.75) is 80.1 Å². The van der Waals surface area contributed by atoms with E-state index < -0.39 is 0 Å². The summed E-state index contributed by atoms with van der Waals surface area (Å²) in [5.41, 5.74) is 8.73. The molecular formula is C24H35Br3Fe. The predicted octanol–water partition coefficient (Wildman–Crippen LogP) is 9.65. The maximum absolute atomic E-state index is 3.58. The Bertz CT molecular complexity index is 695. The topological polar surface area (TPSA) is 0 Å². The Balaban J connectivity index is 0. The van der Waals surface area contributed by atoms with Crippen molar-refractivity contribution in [2.24, 2.45) is 0 Å². The van der Waals surface area contributed by atoms with Gasteiger partial charge in [0, 0.05) is 49.8 Å². The van der Waals surface area contributed by atoms with Gasteiger partial charge in [-0.05, 0) is 60.8 Å². The van der Waals surface area contributed by atoms with Crippen LogP contribution in [0.2, 0.25) is 0 Å². The molecule has 0 spiro atoms. The molecule has 0 nitrogen and oxygen atoms in total. The normalized spacial score (nSPS) is 10.8. The van der Waals surface area contributed by atoms with Crippen LogP contribution in [-0.2, 0) is 27.9 Å². The first-order valence-electron chi connectivity index (χ1n) is 9.22. The minimum absolute atomic E-state index is 0. The Hall–Kier alpha value is 0.399. The average molecular weight is 619 g/mol. The van der Waals surface area contributed by atoms with Crippen molar-refractivity contribution >= 4 is 44.2 Å². The largest absolute Gasteiger partial charge is 0.0564 e. The second kappa shape index (κ2) is 13.0. The van der Waals surface area contributed by atoms with Gasteiger partial charge in [-0.15, -0.1) is 0 Å². The number of benzene rings is 2. The molecule has 0 aromatic heterocycles. The fraction of sp³-hybridized carbons (Fsp3) is 0.500. The molecule has 0 amide bonds. The van der Waals surface area contributed by atoms with Gasteiger partial charge in [0.25, 0.3) is 0 Å². The summed E-state index contributed by atoms with van der Waals surface area (Å²) in [6, 6.07) is 11.3. The molecule has 0 fully saturated rings. The van der Waals surface area contributed by atoms with Crippen molar-refractivity contribution in [2.75, 3.05) is 0 Å². The van der Waals surface area contributed by atoms with Crippen molar-refractivity contribution in [1.82, 2.24) is 0 Å². The Morgan fingerprint density at radius 1 is 0.571 bits per heavy atom. The van der Waals surface area contributed by atoms with Crippen molar-refractivity contribution in [1.29, 1.82) is 0 Å². The molecular weight excluding hydrogens is 584 g/mol. The van der Waals surface area contributed by atoms with E-state index in [2.05, 4.69) is 144 Å². The monoisotopic (exact) mass is 616 g/mol. The van der Waals surface area contributed by atoms with Crippen LogP contribution in [0.5, 0.6) is 0 Å². The van der Waals surface area contributed by atoms with Crippen molar-refractivity contribution < 1.29 is 17.1 Å². The second-order valence-corrected chi connectivity index (χ2v) is 10.1. The molecule has 0 atom stereocenters. The Morgan fingerprint density at radius 3 is 1.14 bits per heavy atom. The zero-order chi connectivity index (χ0) is 21.6. The molecule has 0 unspecified atom stereocenters. The van der Waals surface area contributed by atoms with Gasteiger partial charge in [-0.2, -0.15) is 0 Å². The van der Waals surface area contributed by atoms with Gasteiger partial charge in [0.05, 0.1) is 0 Å². The molecule has 0 aliphatic carbocycles. The summed E-state index contributed by atoms with van der Waals surface area (Å²) < 4.78 is 1.24. The van der Waals surface area contributed by atoms with Gasteiger partial charge in [0.1, 0.15) is 0 Å². The van der Waals surface area contributed by atoms with Crippen molar-refractivity contribution in [3.05, 3.63) is 68.2 Å². The maximum atomic E-state index is 3.58. The van der Waals surface area contributed by atoms with Crippen molar-refractivity contribution in [3.63, 3.8) is 0 Å². The van der Waals surface area contributed by atoms with Gasteiger partial charge in [0.2, 0.25) is 0 Å². The van der Waals surface area contributed by atoms with Gasteiger partial charge in [0.15, 0.2) is 0 Å². The molecule has 4 heteroatoms. The Kier molecular flexibility index (Phi) is 14.1. The molecule has 0 N–H and O–H groups in total. The minimum Gasteiger partial charge on any atom is -0.0564 e. The van der Waals surface area contributed by atoms with Crippen LogP contribution in [0.15, 0.2) is 34.8 Å². The zero-order valence-corrected chi connectivity index (χ0v) is 24.7. The molecule has 2 rings (SSSR count). The maximum Gasteiger partial charge on any atom is 0.0233 e. The summed E-state index contributed by atoms with van der Waals surface area (Å²) in [5, 5.41) is 0. The summed E-state index contributed by atoms with van der Waals surface area (Å²) in [5.74, 6) is 0. The number of hydrogen-bond donors (Lipinski definition) is 0. The molecule has 2 aromatic rings. The van der Waals surface area contributed by atoms with Gasteiger partial charge in [-0.3, -0.25) is 0 Å². The molecule has 28 heavy (non-hydrogen) atoms. The first kappa shape index (κ1) is 30.6. The molecule has 0 bridgehead atoms. The van der Waals surface area contributed by atoms with Crippen LogP contribution in [0.1, 0.15) is 74.9 Å². The van der Waals surface area contributed by atoms with Crippen molar-refractivity contribution in [3.8, 4) is 0 Å². The summed E-state index contributed by atoms with van der Waals surface area (Å²) in [6.07, 6.45) is 0. The van der Waals surface area contributed by atoms with E-state index in [-0.39, 0.29) is 27.9 Å². The van der Waals surface area contributed by atoms with E-state index in [0.29, 0.717) is 0 Å². The second-order valence-electron chi connectivity index (χ2n) is 9.30. The third kappa shape index (κ3) is 10.4. The number of aryl methyl sites for hydroxylation is 4. The van der Waals surface area contributed by atoms with E-state index in [1.54, 1.807) is 0 Å². The third-order valence-electron chi connectivity index (χ3n) is 4.39. The molecule has 0 saturated heterocycles. The fourth-order valence-electron chi connectivity index (χ4n) is 2.79. The average Bonchev–Trinajstić information content (AvgIpc) is 2.52. The van der Waals surface area contributed by atoms with Gasteiger partial charge >= 0.3 is 0 Å². The first-order valence-corrected chi connectivity index (χ1v) is 13.7. The first-order chi connectivity index (χ1) is 12.2. The van der Waals surface area contributed by atoms with E-state index in [1.165, 1.54) is 37.9 Å². The molecule has 0 heterocycles. The van der Waals surface area contributed by atoms with Crippen LogP contribution in [0.3, 0.4) is 0 Å². The van der Waals surface area contributed by atoms with E-state index in [9.17, 15) is 0 Å². The molecule has 2 aromatic carbocycles. The smallest absolute Gasteiger partial charge is 0.0233 e. The Morgan fingerprint density at radius 2 is 0.857 bits per heavy atom. The SMILES string of the molecule is BrBr.Cc1cc(C(C)(C)C)cc(C)c1Br.Cc1cc(C)cc(C(C)(C)C)c1.[Fe]. The number of halogens is 3. The van der Waals surface area contributed by atoms with E-state index in [0.717, 1.165) is 0 Å². The van der Waals surface area contributed by atoms with Crippen LogP contribution in [0, 0.1) is 27.7 Å². The van der Waals surface area contributed by atoms with Crippen LogP contribution in [0.4, 0.5) is 0 Å². The quantitative estimate of drug-likeness (QED) is 0.258. The molecule has 0 saturated carbocycles. The van der Waals surface area contributed by atoms with Gasteiger partial charge in [-0.1, -0.05) is 98.9 Å². The molecule has 160 valence electrons. The molecule has 0 aliphatic rings. The standard InChI is InChI=1S/C12H17Br.C12H18.Br2.Fe/c1-8-6-10(12(3,4)5)7-9(2)11(8)13;1-9-6-10(2)8-11(7-9)12(3,4)5;1-2;/h6-7H,1-5H3;6-8H,1-5H3;;. The number of rotatable bonds is 0. The van der Waals surface area contributed by atoms with Gasteiger partial charge < -0.3 is 0 Å². The summed E-state index contributed by atoms with van der Waals surface area (Å²) in [7, 11) is 0. The van der Waals surface area contributed by atoms with Crippen LogP contribution in [-0.4, -0.2) is 0 Å². The summed E-state index contributed by atoms with van der Waals surface area (Å²) in [4.78, 5) is 0. The predicted molar refractivity (Wildman–Crippen MR) is 135 cm³/mol. The summed E-state index contributed by atoms with van der Waals surface area (Å²) >= 11 is 9.08. The minimum atomic E-state index is 0. The van der Waals surface area contributed by atoms with E-state index in [4.69, 9.17) is 0 Å². The van der Waals surface area contributed by atoms with Crippen LogP contribution >= 0.6 is 44.2 Å². The fourth-order valence-corrected chi connectivity index (χ4v) is 3.02. The zero-order valence-electron chi connectivity index (χ0n) is 18.9. The Labute approximate surface area is 208 Å². The molecule has 0 radical (unpaired) electrons. The van der Waals surface area contributed by atoms with Gasteiger partial charge in [-0.25, -0.2) is 0 Å². The number of hydrogen-bond acceptors (Lipinski definition) is 0. The van der Waals surface area contributed by atoms with Crippen LogP contribution < -0.4 is 0 Å². The summed E-state index contributed by atoms with van der Waals surface area (Å²) in [6.45, 7) is 22.1. The van der Waals surface area contributed by atoms with E-state index >= 15 is 0 Å². The van der Waals surface area contributed by atoms with E-state index in [1.807, 2.05) is 0 Å². The van der Waals surface area contributed by atoms with Crippen LogP contribution in [0.25, 0.3) is 0 Å². The third-order valence-corrected chi connectivity index (χ3v) is 5.64. The molecule has 0 aliphatic heterocycles.